The van der Waals surface area contributed by atoms with Gasteiger partial charge in [0.1, 0.15) is 12.1 Å². The van der Waals surface area contributed by atoms with Crippen LogP contribution in [0.3, 0.4) is 0 Å². The number of nitrogens with zero attached hydrogens (tertiary/aromatic N) is 7. The van der Waals surface area contributed by atoms with Gasteiger partial charge < -0.3 is 4.90 Å². The smallest absolute Gasteiger partial charge is 0.177 e. The Kier molecular flexibility index (Phi) is 4.08. The van der Waals surface area contributed by atoms with Crippen LogP contribution in [0.4, 0.5) is 5.82 Å². The first-order valence-electron chi connectivity index (χ1n) is 8.35. The lowest BCUT2D eigenvalue weighted by Crippen LogP contribution is -2.52. The number of hydrogen-bond donors (Lipinski definition) is 0. The monoisotopic (exact) mass is 323 g/mol. The summed E-state index contributed by atoms with van der Waals surface area (Å²) in [7, 11) is 0. The first-order valence-corrected chi connectivity index (χ1v) is 8.35. The normalized spacial score (nSPS) is 19.0. The number of hydrogen-bond acceptors (Lipinski definition) is 6. The zero-order valence-corrected chi connectivity index (χ0v) is 13.8. The molecule has 1 saturated heterocycles. The van der Waals surface area contributed by atoms with E-state index in [1.165, 1.54) is 0 Å². The van der Waals surface area contributed by atoms with Crippen molar-refractivity contribution in [2.24, 2.45) is 0 Å². The van der Waals surface area contributed by atoms with Crippen molar-refractivity contribution in [2.75, 3.05) is 31.1 Å². The van der Waals surface area contributed by atoms with Crippen LogP contribution in [0.2, 0.25) is 0 Å². The first kappa shape index (κ1) is 15.0. The Labute approximate surface area is 140 Å². The molecule has 0 amide bonds. The number of fused-ring (bicyclic) bond motifs is 1. The Morgan fingerprint density at radius 1 is 1.17 bits per heavy atom. The van der Waals surface area contributed by atoms with E-state index in [2.05, 4.69) is 49.1 Å². The van der Waals surface area contributed by atoms with Gasteiger partial charge in [0.2, 0.25) is 0 Å². The summed E-state index contributed by atoms with van der Waals surface area (Å²) >= 11 is 0. The van der Waals surface area contributed by atoms with Crippen molar-refractivity contribution in [2.45, 2.75) is 19.4 Å². The maximum Gasteiger partial charge on any atom is 0.177 e. The van der Waals surface area contributed by atoms with Gasteiger partial charge in [-0.15, -0.1) is 15.3 Å². The molecule has 4 heterocycles. The molecule has 0 spiro atoms. The summed E-state index contributed by atoms with van der Waals surface area (Å²) in [4.78, 5) is 9.27. The number of anilines is 1. The fourth-order valence-electron chi connectivity index (χ4n) is 3.27. The molecular formula is C17H21N7. The summed E-state index contributed by atoms with van der Waals surface area (Å²) in [5.74, 6) is 0.985. The number of piperazine rings is 1. The highest BCUT2D eigenvalue weighted by atomic mass is 15.4. The maximum absolute atomic E-state index is 4.62. The molecule has 1 atom stereocenters. The molecule has 1 aliphatic rings. The van der Waals surface area contributed by atoms with Crippen LogP contribution >= 0.6 is 0 Å². The van der Waals surface area contributed by atoms with Crippen molar-refractivity contribution >= 4 is 11.5 Å². The topological polar surface area (TPSA) is 62.5 Å². The van der Waals surface area contributed by atoms with E-state index in [0.717, 1.165) is 49.8 Å². The zero-order valence-electron chi connectivity index (χ0n) is 13.8. The number of rotatable bonds is 4. The highest BCUT2D eigenvalue weighted by Gasteiger charge is 2.24. The quantitative estimate of drug-likeness (QED) is 0.721. The Morgan fingerprint density at radius 3 is 2.96 bits per heavy atom. The lowest BCUT2D eigenvalue weighted by atomic mass is 10.1. The van der Waals surface area contributed by atoms with Crippen molar-refractivity contribution in [3.05, 3.63) is 48.5 Å². The largest absolute Gasteiger partial charge is 0.350 e. The highest BCUT2D eigenvalue weighted by Crippen LogP contribution is 2.18. The van der Waals surface area contributed by atoms with Gasteiger partial charge in [0, 0.05) is 50.5 Å². The van der Waals surface area contributed by atoms with E-state index in [9.17, 15) is 0 Å². The Morgan fingerprint density at radius 2 is 2.12 bits per heavy atom. The Hall–Kier alpha value is -2.54. The fourth-order valence-corrected chi connectivity index (χ4v) is 3.27. The molecule has 0 radical (unpaired) electrons. The fraction of sp³-hybridized carbons (Fsp3) is 0.412. The van der Waals surface area contributed by atoms with Gasteiger partial charge in [0.15, 0.2) is 5.65 Å². The summed E-state index contributed by atoms with van der Waals surface area (Å²) in [6.45, 7) is 6.36. The van der Waals surface area contributed by atoms with Crippen LogP contribution in [0.15, 0.2) is 42.9 Å². The van der Waals surface area contributed by atoms with E-state index in [1.54, 1.807) is 10.8 Å². The molecule has 3 aromatic heterocycles. The van der Waals surface area contributed by atoms with Gasteiger partial charge in [-0.2, -0.15) is 4.52 Å². The van der Waals surface area contributed by atoms with Crippen LogP contribution < -0.4 is 4.90 Å². The molecule has 0 unspecified atom stereocenters. The van der Waals surface area contributed by atoms with Crippen LogP contribution in [0.1, 0.15) is 12.6 Å². The third-order valence-electron chi connectivity index (χ3n) is 4.56. The van der Waals surface area contributed by atoms with Crippen molar-refractivity contribution < 1.29 is 0 Å². The minimum Gasteiger partial charge on any atom is -0.350 e. The van der Waals surface area contributed by atoms with Crippen LogP contribution in [0.5, 0.6) is 0 Å². The highest BCUT2D eigenvalue weighted by molar-refractivity contribution is 5.46. The van der Waals surface area contributed by atoms with Crippen molar-refractivity contribution in [3.8, 4) is 0 Å². The molecule has 3 aromatic rings. The summed E-state index contributed by atoms with van der Waals surface area (Å²) in [5.41, 5.74) is 1.94. The second-order valence-corrected chi connectivity index (χ2v) is 6.24. The van der Waals surface area contributed by atoms with Crippen LogP contribution in [0, 0.1) is 0 Å². The maximum atomic E-state index is 4.62. The summed E-state index contributed by atoms with van der Waals surface area (Å²) in [5, 5.41) is 12.5. The Bertz CT molecular complexity index is 801. The van der Waals surface area contributed by atoms with Crippen molar-refractivity contribution in [1.82, 2.24) is 29.7 Å². The zero-order chi connectivity index (χ0) is 16.4. The van der Waals surface area contributed by atoms with E-state index in [4.69, 9.17) is 0 Å². The molecule has 24 heavy (non-hydrogen) atoms. The van der Waals surface area contributed by atoms with Gasteiger partial charge in [0.05, 0.1) is 0 Å². The van der Waals surface area contributed by atoms with E-state index in [0.29, 0.717) is 6.04 Å². The molecule has 0 bridgehead atoms. The minimum absolute atomic E-state index is 0.420. The molecule has 1 aliphatic heterocycles. The van der Waals surface area contributed by atoms with E-state index in [1.807, 2.05) is 24.4 Å². The molecule has 0 aromatic carbocycles. The van der Waals surface area contributed by atoms with E-state index in [-0.39, 0.29) is 0 Å². The van der Waals surface area contributed by atoms with Crippen molar-refractivity contribution in [1.29, 1.82) is 0 Å². The molecule has 4 rings (SSSR count). The molecule has 124 valence electrons. The molecule has 7 heteroatoms. The summed E-state index contributed by atoms with van der Waals surface area (Å²) in [6.07, 6.45) is 4.51. The van der Waals surface area contributed by atoms with Gasteiger partial charge in [-0.05, 0) is 31.2 Å². The van der Waals surface area contributed by atoms with Gasteiger partial charge in [-0.25, -0.2) is 0 Å². The van der Waals surface area contributed by atoms with Crippen LogP contribution in [-0.4, -0.2) is 61.9 Å². The number of pyridine rings is 1. The third-order valence-corrected chi connectivity index (χ3v) is 4.56. The lowest BCUT2D eigenvalue weighted by Gasteiger charge is -2.40. The summed E-state index contributed by atoms with van der Waals surface area (Å²) in [6, 6.07) is 10.5. The predicted octanol–water partition coefficient (Wildman–Crippen LogP) is 1.27. The lowest BCUT2D eigenvalue weighted by molar-refractivity contribution is 0.230. The summed E-state index contributed by atoms with van der Waals surface area (Å²) < 4.78 is 1.73. The Balaban J connectivity index is 1.39. The van der Waals surface area contributed by atoms with Gasteiger partial charge in [-0.3, -0.25) is 9.88 Å². The van der Waals surface area contributed by atoms with Crippen molar-refractivity contribution in [3.63, 3.8) is 0 Å². The average Bonchev–Trinajstić information content (AvgIpc) is 3.08. The third kappa shape index (κ3) is 3.07. The molecule has 0 N–H and O–H groups in total. The van der Waals surface area contributed by atoms with Gasteiger partial charge >= 0.3 is 0 Å². The first-order chi connectivity index (χ1) is 11.8. The molecule has 0 saturated carbocycles. The second kappa shape index (κ2) is 6.52. The number of aromatic nitrogens is 5. The van der Waals surface area contributed by atoms with Crippen LogP contribution in [0.25, 0.3) is 5.65 Å². The van der Waals surface area contributed by atoms with Gasteiger partial charge in [0.25, 0.3) is 0 Å². The second-order valence-electron chi connectivity index (χ2n) is 6.24. The SMILES string of the molecule is C[C@H]1CN(CCc2ccccn2)CCN1c1ccc2nncn2n1. The van der Waals surface area contributed by atoms with Crippen LogP contribution in [-0.2, 0) is 6.42 Å². The standard InChI is InChI=1S/C17H21N7/c1-14-12-22(9-7-15-4-2-3-8-18-15)10-11-23(14)17-6-5-16-20-19-13-24(16)21-17/h2-6,8,13-14H,7,9-12H2,1H3/t14-/m0/s1. The molecule has 0 aliphatic carbocycles. The molecule has 1 fully saturated rings. The van der Waals surface area contributed by atoms with E-state index >= 15 is 0 Å². The van der Waals surface area contributed by atoms with Gasteiger partial charge in [-0.1, -0.05) is 6.07 Å². The van der Waals surface area contributed by atoms with E-state index < -0.39 is 0 Å². The minimum atomic E-state index is 0.420. The average molecular weight is 323 g/mol. The molecular weight excluding hydrogens is 302 g/mol. The predicted molar refractivity (Wildman–Crippen MR) is 92.0 cm³/mol. The molecule has 7 nitrogen and oxygen atoms in total.